The maximum absolute atomic E-state index is 12.3. The lowest BCUT2D eigenvalue weighted by atomic mass is 10.1. The standard InChI is InChI=1S/C23H22N4O3/c1-27(2)17-7-4-15(5-8-17)23-25-18-9-6-16(13-19(18)26-23)24-22(30)12-14-3-10-20(28)21(29)11-14/h3-11,13,28-29H,12H2,1-2H3,(H,24,30)(H,25,26). The van der Waals surface area contributed by atoms with Crippen LogP contribution in [0.15, 0.2) is 60.7 Å². The second-order valence-electron chi connectivity index (χ2n) is 7.31. The van der Waals surface area contributed by atoms with E-state index >= 15 is 0 Å². The molecule has 7 heteroatoms. The Hall–Kier alpha value is -4.00. The van der Waals surface area contributed by atoms with Gasteiger partial charge in [-0.15, -0.1) is 0 Å². The molecule has 3 aromatic carbocycles. The average Bonchev–Trinajstić information content (AvgIpc) is 3.14. The Balaban J connectivity index is 1.50. The van der Waals surface area contributed by atoms with E-state index in [4.69, 9.17) is 0 Å². The van der Waals surface area contributed by atoms with Crippen LogP contribution < -0.4 is 10.2 Å². The molecular weight excluding hydrogens is 380 g/mol. The molecule has 0 atom stereocenters. The van der Waals surface area contributed by atoms with Gasteiger partial charge < -0.3 is 25.4 Å². The van der Waals surface area contributed by atoms with Crippen molar-refractivity contribution in [3.63, 3.8) is 0 Å². The molecule has 0 fully saturated rings. The molecule has 0 saturated heterocycles. The highest BCUT2D eigenvalue weighted by Gasteiger charge is 2.10. The molecule has 0 spiro atoms. The number of hydrogen-bond acceptors (Lipinski definition) is 5. The van der Waals surface area contributed by atoms with Crippen molar-refractivity contribution >= 4 is 28.3 Å². The fraction of sp³-hybridized carbons (Fsp3) is 0.130. The Bertz CT molecular complexity index is 1210. The van der Waals surface area contributed by atoms with Crippen LogP contribution in [0.2, 0.25) is 0 Å². The maximum atomic E-state index is 12.3. The molecular formula is C23H22N4O3. The van der Waals surface area contributed by atoms with Crippen LogP contribution in [0.5, 0.6) is 11.5 Å². The summed E-state index contributed by atoms with van der Waals surface area (Å²) >= 11 is 0. The predicted molar refractivity (Wildman–Crippen MR) is 118 cm³/mol. The number of nitrogens with one attached hydrogen (secondary N) is 2. The lowest BCUT2D eigenvalue weighted by Gasteiger charge is -2.11. The first-order valence-corrected chi connectivity index (χ1v) is 9.47. The number of phenolic OH excluding ortho intramolecular Hbond substituents is 2. The molecule has 0 aliphatic heterocycles. The number of benzene rings is 3. The third-order valence-electron chi connectivity index (χ3n) is 4.83. The van der Waals surface area contributed by atoms with E-state index in [2.05, 4.69) is 15.3 Å². The van der Waals surface area contributed by atoms with Crippen molar-refractivity contribution < 1.29 is 15.0 Å². The van der Waals surface area contributed by atoms with E-state index in [0.717, 1.165) is 28.1 Å². The molecule has 7 nitrogen and oxygen atoms in total. The van der Waals surface area contributed by atoms with E-state index in [1.54, 1.807) is 6.07 Å². The molecule has 0 unspecified atom stereocenters. The summed E-state index contributed by atoms with van der Waals surface area (Å²) in [5, 5.41) is 21.8. The minimum absolute atomic E-state index is 0.0793. The summed E-state index contributed by atoms with van der Waals surface area (Å²) in [5.41, 5.74) is 4.96. The first-order chi connectivity index (χ1) is 14.4. The number of carbonyl (C=O) groups is 1. The van der Waals surface area contributed by atoms with Crippen LogP contribution in [0.4, 0.5) is 11.4 Å². The fourth-order valence-electron chi connectivity index (χ4n) is 3.21. The number of phenols is 2. The van der Waals surface area contributed by atoms with Gasteiger partial charge in [-0.25, -0.2) is 4.98 Å². The van der Waals surface area contributed by atoms with Crippen molar-refractivity contribution in [1.82, 2.24) is 9.97 Å². The SMILES string of the molecule is CN(C)c1ccc(-c2nc3cc(NC(=O)Cc4ccc(O)c(O)c4)ccc3[nH]2)cc1. The third kappa shape index (κ3) is 4.05. The number of hydrogen-bond donors (Lipinski definition) is 4. The van der Waals surface area contributed by atoms with Gasteiger partial charge in [-0.3, -0.25) is 4.79 Å². The van der Waals surface area contributed by atoms with Gasteiger partial charge in [0, 0.05) is 31.0 Å². The monoisotopic (exact) mass is 402 g/mol. The molecule has 0 bridgehead atoms. The molecule has 0 saturated carbocycles. The number of carbonyl (C=O) groups excluding carboxylic acids is 1. The minimum Gasteiger partial charge on any atom is -0.504 e. The second-order valence-corrected chi connectivity index (χ2v) is 7.31. The predicted octanol–water partition coefficient (Wildman–Crippen LogP) is 3.89. The van der Waals surface area contributed by atoms with Crippen molar-refractivity contribution in [2.45, 2.75) is 6.42 Å². The summed E-state index contributed by atoms with van der Waals surface area (Å²) in [6.07, 6.45) is 0.0793. The zero-order valence-corrected chi connectivity index (χ0v) is 16.7. The molecule has 0 aliphatic rings. The summed E-state index contributed by atoms with van der Waals surface area (Å²) in [4.78, 5) is 22.3. The third-order valence-corrected chi connectivity index (χ3v) is 4.83. The smallest absolute Gasteiger partial charge is 0.228 e. The first kappa shape index (κ1) is 19.3. The Kier molecular flexibility index (Phi) is 5.02. The molecule has 4 aromatic rings. The van der Waals surface area contributed by atoms with Crippen LogP contribution in [-0.4, -0.2) is 40.2 Å². The zero-order chi connectivity index (χ0) is 21.3. The van der Waals surface area contributed by atoms with Crippen molar-refractivity contribution in [2.75, 3.05) is 24.3 Å². The number of aromatic hydroxyl groups is 2. The van der Waals surface area contributed by atoms with Crippen molar-refractivity contribution in [3.05, 3.63) is 66.2 Å². The van der Waals surface area contributed by atoms with Gasteiger partial charge in [0.2, 0.25) is 5.91 Å². The van der Waals surface area contributed by atoms with Crippen LogP contribution in [-0.2, 0) is 11.2 Å². The molecule has 0 aliphatic carbocycles. The van der Waals surface area contributed by atoms with Crippen LogP contribution in [0.3, 0.4) is 0 Å². The number of aromatic amines is 1. The van der Waals surface area contributed by atoms with E-state index in [-0.39, 0.29) is 23.8 Å². The highest BCUT2D eigenvalue weighted by molar-refractivity contribution is 5.94. The lowest BCUT2D eigenvalue weighted by molar-refractivity contribution is -0.115. The number of H-pyrrole nitrogens is 1. The van der Waals surface area contributed by atoms with Crippen LogP contribution >= 0.6 is 0 Å². The number of imidazole rings is 1. The normalized spacial score (nSPS) is 10.9. The lowest BCUT2D eigenvalue weighted by Crippen LogP contribution is -2.14. The van der Waals surface area contributed by atoms with Crippen molar-refractivity contribution in [1.29, 1.82) is 0 Å². The first-order valence-electron chi connectivity index (χ1n) is 9.47. The number of fused-ring (bicyclic) bond motifs is 1. The molecule has 1 aromatic heterocycles. The largest absolute Gasteiger partial charge is 0.504 e. The van der Waals surface area contributed by atoms with Crippen LogP contribution in [0, 0.1) is 0 Å². The Morgan fingerprint density at radius 3 is 2.47 bits per heavy atom. The average molecular weight is 402 g/mol. The molecule has 1 heterocycles. The van der Waals surface area contributed by atoms with Gasteiger partial charge in [-0.05, 0) is 60.2 Å². The van der Waals surface area contributed by atoms with Crippen molar-refractivity contribution in [3.8, 4) is 22.9 Å². The van der Waals surface area contributed by atoms with Crippen molar-refractivity contribution in [2.24, 2.45) is 0 Å². The zero-order valence-electron chi connectivity index (χ0n) is 16.7. The molecule has 152 valence electrons. The summed E-state index contributed by atoms with van der Waals surface area (Å²) in [6.45, 7) is 0. The van der Waals surface area contributed by atoms with Gasteiger partial charge in [0.1, 0.15) is 5.82 Å². The number of rotatable bonds is 5. The topological polar surface area (TPSA) is 101 Å². The number of aromatic nitrogens is 2. The molecule has 1 amide bonds. The summed E-state index contributed by atoms with van der Waals surface area (Å²) in [5.74, 6) is 0.0764. The van der Waals surface area contributed by atoms with E-state index in [1.165, 1.54) is 12.1 Å². The second kappa shape index (κ2) is 7.79. The molecule has 0 radical (unpaired) electrons. The number of nitrogens with zero attached hydrogens (tertiary/aromatic N) is 2. The van der Waals surface area contributed by atoms with Gasteiger partial charge in [0.15, 0.2) is 11.5 Å². The molecule has 4 N–H and O–H groups in total. The number of amides is 1. The maximum Gasteiger partial charge on any atom is 0.228 e. The van der Waals surface area contributed by atoms with Crippen LogP contribution in [0.25, 0.3) is 22.4 Å². The Labute approximate surface area is 173 Å². The Morgan fingerprint density at radius 2 is 1.77 bits per heavy atom. The van der Waals surface area contributed by atoms with Gasteiger partial charge in [0.05, 0.1) is 17.5 Å². The summed E-state index contributed by atoms with van der Waals surface area (Å²) in [7, 11) is 3.99. The van der Waals surface area contributed by atoms with Gasteiger partial charge in [-0.1, -0.05) is 6.07 Å². The number of anilines is 2. The van der Waals surface area contributed by atoms with E-state index in [1.807, 2.05) is 61.5 Å². The minimum atomic E-state index is -0.246. The molecule has 4 rings (SSSR count). The summed E-state index contributed by atoms with van der Waals surface area (Å²) in [6, 6.07) is 17.9. The Morgan fingerprint density at radius 1 is 1.00 bits per heavy atom. The van der Waals surface area contributed by atoms with E-state index in [9.17, 15) is 15.0 Å². The quantitative estimate of drug-likeness (QED) is 0.380. The van der Waals surface area contributed by atoms with Crippen LogP contribution in [0.1, 0.15) is 5.56 Å². The van der Waals surface area contributed by atoms with Gasteiger partial charge in [0.25, 0.3) is 0 Å². The molecule has 30 heavy (non-hydrogen) atoms. The van der Waals surface area contributed by atoms with Gasteiger partial charge >= 0.3 is 0 Å². The highest BCUT2D eigenvalue weighted by Crippen LogP contribution is 2.26. The van der Waals surface area contributed by atoms with E-state index < -0.39 is 0 Å². The van der Waals surface area contributed by atoms with E-state index in [0.29, 0.717) is 11.3 Å². The van der Waals surface area contributed by atoms with Gasteiger partial charge in [-0.2, -0.15) is 0 Å². The fourth-order valence-corrected chi connectivity index (χ4v) is 3.21. The summed E-state index contributed by atoms with van der Waals surface area (Å²) < 4.78 is 0. The highest BCUT2D eigenvalue weighted by atomic mass is 16.3.